The Morgan fingerprint density at radius 3 is 2.92 bits per heavy atom. The van der Waals surface area contributed by atoms with Gasteiger partial charge in [-0.25, -0.2) is 9.97 Å². The van der Waals surface area contributed by atoms with Crippen molar-refractivity contribution in [3.8, 4) is 5.75 Å². The molecule has 0 saturated carbocycles. The minimum atomic E-state index is -0.353. The molecular formula is C18H17N5O2. The van der Waals surface area contributed by atoms with Crippen LogP contribution in [0.15, 0.2) is 43.4 Å². The van der Waals surface area contributed by atoms with E-state index >= 15 is 0 Å². The van der Waals surface area contributed by atoms with Crippen LogP contribution in [0, 0.1) is 0 Å². The van der Waals surface area contributed by atoms with Crippen molar-refractivity contribution in [3.05, 3.63) is 60.5 Å². The first-order valence-electron chi connectivity index (χ1n) is 7.61. The number of carbonyl (C=O) groups is 1. The molecule has 0 aliphatic rings. The van der Waals surface area contributed by atoms with E-state index in [1.807, 2.05) is 19.1 Å². The molecule has 0 saturated heterocycles. The van der Waals surface area contributed by atoms with Crippen molar-refractivity contribution in [2.75, 3.05) is 12.4 Å². The number of nitrogens with one attached hydrogen (secondary N) is 1. The van der Waals surface area contributed by atoms with Crippen molar-refractivity contribution >= 4 is 29.5 Å². The van der Waals surface area contributed by atoms with Gasteiger partial charge in [-0.1, -0.05) is 12.7 Å². The topological polar surface area (TPSA) is 81.4 Å². The Morgan fingerprint density at radius 1 is 1.36 bits per heavy atom. The third-order valence-electron chi connectivity index (χ3n) is 3.52. The van der Waals surface area contributed by atoms with Gasteiger partial charge in [-0.2, -0.15) is 0 Å². The van der Waals surface area contributed by atoms with Gasteiger partial charge in [0.1, 0.15) is 11.4 Å². The summed E-state index contributed by atoms with van der Waals surface area (Å²) >= 11 is 0. The molecule has 3 aromatic rings. The molecule has 0 aliphatic heterocycles. The highest BCUT2D eigenvalue weighted by Crippen LogP contribution is 2.17. The molecule has 0 atom stereocenters. The van der Waals surface area contributed by atoms with Gasteiger partial charge < -0.3 is 10.1 Å². The van der Waals surface area contributed by atoms with Crippen LogP contribution in [-0.4, -0.2) is 32.4 Å². The van der Waals surface area contributed by atoms with Gasteiger partial charge >= 0.3 is 0 Å². The van der Waals surface area contributed by atoms with Gasteiger partial charge in [0.25, 0.3) is 5.91 Å². The van der Waals surface area contributed by atoms with E-state index in [4.69, 9.17) is 4.74 Å². The summed E-state index contributed by atoms with van der Waals surface area (Å²) in [5, 5.41) is 2.74. The fourth-order valence-electron chi connectivity index (χ4n) is 2.36. The number of nitrogens with zero attached hydrogens (tertiary/aromatic N) is 4. The van der Waals surface area contributed by atoms with E-state index in [0.717, 1.165) is 5.69 Å². The standard InChI is InChI=1S/C18H17N5O2/c1-4-6-16-14(5-2)21-18-22-15(7-8-23(16)18)17(24)20-12-9-13(25-3)11-19-10-12/h4-11H,2H2,1,3H3,(H,20,24)/b6-4-. The normalized spacial score (nSPS) is 11.0. The van der Waals surface area contributed by atoms with Gasteiger partial charge in [-0.3, -0.25) is 14.2 Å². The highest BCUT2D eigenvalue weighted by Gasteiger charge is 2.13. The maximum absolute atomic E-state index is 12.4. The summed E-state index contributed by atoms with van der Waals surface area (Å²) < 4.78 is 6.90. The lowest BCUT2D eigenvalue weighted by Crippen LogP contribution is -2.14. The van der Waals surface area contributed by atoms with Gasteiger partial charge in [-0.05, 0) is 25.1 Å². The molecule has 0 aromatic carbocycles. The first-order valence-corrected chi connectivity index (χ1v) is 7.61. The average molecular weight is 335 g/mol. The molecule has 0 aliphatic carbocycles. The van der Waals surface area contributed by atoms with E-state index in [1.165, 1.54) is 13.3 Å². The zero-order valence-corrected chi connectivity index (χ0v) is 13.9. The lowest BCUT2D eigenvalue weighted by atomic mass is 10.3. The third kappa shape index (κ3) is 3.25. The van der Waals surface area contributed by atoms with Crippen molar-refractivity contribution in [1.29, 1.82) is 0 Å². The third-order valence-corrected chi connectivity index (χ3v) is 3.52. The number of pyridine rings is 1. The Labute approximate surface area is 144 Å². The van der Waals surface area contributed by atoms with Crippen LogP contribution in [0.25, 0.3) is 17.9 Å². The lowest BCUT2D eigenvalue weighted by molar-refractivity contribution is 0.102. The van der Waals surface area contributed by atoms with Crippen molar-refractivity contribution in [2.24, 2.45) is 0 Å². The van der Waals surface area contributed by atoms with Gasteiger partial charge in [0.05, 0.1) is 36.6 Å². The minimum absolute atomic E-state index is 0.253. The minimum Gasteiger partial charge on any atom is -0.495 e. The molecule has 0 fully saturated rings. The van der Waals surface area contributed by atoms with Crippen molar-refractivity contribution in [3.63, 3.8) is 0 Å². The molecule has 3 rings (SSSR count). The number of methoxy groups -OCH3 is 1. The second kappa shape index (κ2) is 6.96. The number of hydrogen-bond donors (Lipinski definition) is 1. The molecule has 25 heavy (non-hydrogen) atoms. The zero-order chi connectivity index (χ0) is 17.8. The maximum atomic E-state index is 12.4. The molecular weight excluding hydrogens is 318 g/mol. The summed E-state index contributed by atoms with van der Waals surface area (Å²) in [6.07, 6.45) is 10.3. The molecule has 126 valence electrons. The van der Waals surface area contributed by atoms with Crippen molar-refractivity contribution < 1.29 is 9.53 Å². The van der Waals surface area contributed by atoms with Gasteiger partial charge in [0.15, 0.2) is 0 Å². The zero-order valence-electron chi connectivity index (χ0n) is 13.9. The fourth-order valence-corrected chi connectivity index (χ4v) is 2.36. The molecule has 1 N–H and O–H groups in total. The van der Waals surface area contributed by atoms with Crippen molar-refractivity contribution in [2.45, 2.75) is 6.92 Å². The fraction of sp³-hybridized carbons (Fsp3) is 0.111. The second-order valence-corrected chi connectivity index (χ2v) is 5.14. The largest absolute Gasteiger partial charge is 0.495 e. The van der Waals surface area contributed by atoms with E-state index in [0.29, 0.717) is 22.9 Å². The van der Waals surface area contributed by atoms with E-state index in [1.54, 1.807) is 35.0 Å². The number of ether oxygens (including phenoxy) is 1. The molecule has 7 nitrogen and oxygen atoms in total. The summed E-state index contributed by atoms with van der Waals surface area (Å²) in [4.78, 5) is 25.2. The van der Waals surface area contributed by atoms with Crippen LogP contribution in [0.4, 0.5) is 5.69 Å². The predicted molar refractivity (Wildman–Crippen MR) is 96.5 cm³/mol. The number of rotatable bonds is 5. The first kappa shape index (κ1) is 16.4. The van der Waals surface area contributed by atoms with Crippen LogP contribution in [0.5, 0.6) is 5.75 Å². The van der Waals surface area contributed by atoms with E-state index < -0.39 is 0 Å². The Morgan fingerprint density at radius 2 is 2.20 bits per heavy atom. The van der Waals surface area contributed by atoms with E-state index in [2.05, 4.69) is 26.8 Å². The molecule has 7 heteroatoms. The number of carbonyl (C=O) groups excluding carboxylic acids is 1. The number of fused-ring (bicyclic) bond motifs is 1. The molecule has 0 radical (unpaired) electrons. The van der Waals surface area contributed by atoms with Crippen LogP contribution in [-0.2, 0) is 0 Å². The maximum Gasteiger partial charge on any atom is 0.274 e. The number of imidazole rings is 1. The Balaban J connectivity index is 1.93. The summed E-state index contributed by atoms with van der Waals surface area (Å²) in [6, 6.07) is 3.32. The van der Waals surface area contributed by atoms with Gasteiger partial charge in [0.2, 0.25) is 5.78 Å². The molecule has 3 aromatic heterocycles. The van der Waals surface area contributed by atoms with Crippen LogP contribution < -0.4 is 10.1 Å². The SMILES string of the molecule is C=Cc1nc2nc(C(=O)Nc3cncc(OC)c3)ccn2c1/C=C\C. The number of aromatic nitrogens is 4. The van der Waals surface area contributed by atoms with Crippen LogP contribution in [0.2, 0.25) is 0 Å². The molecule has 0 spiro atoms. The monoisotopic (exact) mass is 335 g/mol. The average Bonchev–Trinajstić information content (AvgIpc) is 2.99. The second-order valence-electron chi connectivity index (χ2n) is 5.14. The predicted octanol–water partition coefficient (Wildman–Crippen LogP) is 3.06. The summed E-state index contributed by atoms with van der Waals surface area (Å²) in [5.74, 6) is 0.633. The highest BCUT2D eigenvalue weighted by molar-refractivity contribution is 6.03. The molecule has 0 unspecified atom stereocenters. The van der Waals surface area contributed by atoms with E-state index in [-0.39, 0.29) is 11.6 Å². The smallest absolute Gasteiger partial charge is 0.274 e. The Bertz CT molecular complexity index is 975. The highest BCUT2D eigenvalue weighted by atomic mass is 16.5. The molecule has 1 amide bonds. The van der Waals surface area contributed by atoms with Gasteiger partial charge in [-0.15, -0.1) is 0 Å². The number of allylic oxidation sites excluding steroid dienone is 1. The van der Waals surface area contributed by atoms with Crippen molar-refractivity contribution in [1.82, 2.24) is 19.4 Å². The van der Waals surface area contributed by atoms with Crippen LogP contribution in [0.1, 0.15) is 28.8 Å². The number of anilines is 1. The van der Waals surface area contributed by atoms with E-state index in [9.17, 15) is 4.79 Å². The summed E-state index contributed by atoms with van der Waals surface area (Å²) in [7, 11) is 1.54. The summed E-state index contributed by atoms with van der Waals surface area (Å²) in [5.41, 5.74) is 2.35. The first-order chi connectivity index (χ1) is 12.2. The number of amides is 1. The Kier molecular flexibility index (Phi) is 4.56. The van der Waals surface area contributed by atoms with Crippen LogP contribution in [0.3, 0.4) is 0 Å². The quantitative estimate of drug-likeness (QED) is 0.775. The Hall–Kier alpha value is -3.48. The molecule has 0 bridgehead atoms. The van der Waals surface area contributed by atoms with Crippen LogP contribution >= 0.6 is 0 Å². The lowest BCUT2D eigenvalue weighted by Gasteiger charge is -2.06. The van der Waals surface area contributed by atoms with Gasteiger partial charge in [0, 0.05) is 12.3 Å². The molecule has 3 heterocycles. The number of hydrogen-bond acceptors (Lipinski definition) is 5. The summed E-state index contributed by atoms with van der Waals surface area (Å²) in [6.45, 7) is 5.68.